The second-order valence-corrected chi connectivity index (χ2v) is 10.1. The fourth-order valence-corrected chi connectivity index (χ4v) is 4.79. The van der Waals surface area contributed by atoms with Crippen molar-refractivity contribution in [3.63, 3.8) is 0 Å². The number of ether oxygens (including phenoxy) is 2. The van der Waals surface area contributed by atoms with Crippen molar-refractivity contribution >= 4 is 17.5 Å². The molecule has 3 aromatic rings. The Morgan fingerprint density at radius 2 is 1.70 bits per heavy atom. The molecule has 2 amide bonds. The summed E-state index contributed by atoms with van der Waals surface area (Å²) in [6, 6.07) is 25.3. The first-order chi connectivity index (χ1) is 19.5. The summed E-state index contributed by atoms with van der Waals surface area (Å²) < 4.78 is 11.5. The van der Waals surface area contributed by atoms with Crippen LogP contribution in [-0.2, 0) is 16.1 Å². The monoisotopic (exact) mass is 543 g/mol. The van der Waals surface area contributed by atoms with Crippen molar-refractivity contribution < 1.29 is 19.1 Å². The van der Waals surface area contributed by atoms with Crippen molar-refractivity contribution in [1.29, 1.82) is 0 Å². The van der Waals surface area contributed by atoms with Gasteiger partial charge in [-0.25, -0.2) is 0 Å². The number of morpholine rings is 1. The second-order valence-electron chi connectivity index (χ2n) is 10.1. The first kappa shape index (κ1) is 29.3. The zero-order valence-electron chi connectivity index (χ0n) is 23.8. The van der Waals surface area contributed by atoms with Crippen molar-refractivity contribution in [3.8, 4) is 5.75 Å². The maximum absolute atomic E-state index is 13.7. The molecule has 7 heteroatoms. The third kappa shape index (κ3) is 8.66. The van der Waals surface area contributed by atoms with E-state index in [1.165, 1.54) is 0 Å². The molecule has 40 heavy (non-hydrogen) atoms. The molecule has 0 unspecified atom stereocenters. The van der Waals surface area contributed by atoms with Crippen LogP contribution in [0.2, 0.25) is 0 Å². The minimum Gasteiger partial charge on any atom is -0.492 e. The van der Waals surface area contributed by atoms with Crippen molar-refractivity contribution in [2.75, 3.05) is 57.4 Å². The van der Waals surface area contributed by atoms with Gasteiger partial charge in [-0.1, -0.05) is 54.1 Å². The van der Waals surface area contributed by atoms with Crippen LogP contribution < -0.4 is 9.64 Å². The highest BCUT2D eigenvalue weighted by Crippen LogP contribution is 2.24. The Kier molecular flexibility index (Phi) is 11.1. The van der Waals surface area contributed by atoms with Crippen LogP contribution in [0.25, 0.3) is 0 Å². The van der Waals surface area contributed by atoms with Crippen LogP contribution in [0.4, 0.5) is 5.69 Å². The molecule has 0 aliphatic carbocycles. The second kappa shape index (κ2) is 15.2. The minimum absolute atomic E-state index is 0.0884. The van der Waals surface area contributed by atoms with Crippen molar-refractivity contribution in [2.24, 2.45) is 0 Å². The number of hydrogen-bond donors (Lipinski definition) is 0. The van der Waals surface area contributed by atoms with E-state index in [9.17, 15) is 9.59 Å². The summed E-state index contributed by atoms with van der Waals surface area (Å²) in [7, 11) is 0. The molecule has 3 aromatic carbocycles. The Labute approximate surface area is 238 Å². The first-order valence-electron chi connectivity index (χ1n) is 14.3. The number of anilines is 1. The molecule has 0 atom stereocenters. The molecule has 1 fully saturated rings. The van der Waals surface area contributed by atoms with Gasteiger partial charge in [-0.15, -0.1) is 0 Å². The number of hydrogen-bond acceptors (Lipinski definition) is 5. The SMILES string of the molecule is CCN(Cc1ccccc1)C(=O)CCCN(C(=O)c1ccc(C)cc1)c1cccc(OCCN2CCOCC2)c1. The fourth-order valence-electron chi connectivity index (χ4n) is 4.79. The van der Waals surface area contributed by atoms with Crippen LogP contribution in [0.5, 0.6) is 5.75 Å². The Balaban J connectivity index is 1.41. The predicted molar refractivity (Wildman–Crippen MR) is 159 cm³/mol. The standard InChI is InChI=1S/C33H41N3O4/c1-3-35(26-28-9-5-4-6-10-28)32(37)13-8-18-36(33(38)29-16-14-27(2)15-17-29)30-11-7-12-31(25-30)40-24-21-34-19-22-39-23-20-34/h4-7,9-12,14-17,25H,3,8,13,18-24,26H2,1-2H3. The van der Waals surface area contributed by atoms with E-state index in [0.29, 0.717) is 44.6 Å². The smallest absolute Gasteiger partial charge is 0.258 e. The van der Waals surface area contributed by atoms with E-state index in [-0.39, 0.29) is 11.8 Å². The van der Waals surface area contributed by atoms with E-state index < -0.39 is 0 Å². The molecule has 4 rings (SSSR count). The highest BCUT2D eigenvalue weighted by atomic mass is 16.5. The number of amides is 2. The highest BCUT2D eigenvalue weighted by Gasteiger charge is 2.20. The van der Waals surface area contributed by atoms with Gasteiger partial charge in [0.25, 0.3) is 5.91 Å². The summed E-state index contributed by atoms with van der Waals surface area (Å²) in [5.74, 6) is 0.729. The summed E-state index contributed by atoms with van der Waals surface area (Å²) in [5.41, 5.74) is 3.59. The average molecular weight is 544 g/mol. The number of benzene rings is 3. The van der Waals surface area contributed by atoms with Gasteiger partial charge in [0.1, 0.15) is 12.4 Å². The Morgan fingerprint density at radius 1 is 0.950 bits per heavy atom. The van der Waals surface area contributed by atoms with Gasteiger partial charge in [-0.2, -0.15) is 0 Å². The quantitative estimate of drug-likeness (QED) is 0.297. The fraction of sp³-hybridized carbons (Fsp3) is 0.394. The van der Waals surface area contributed by atoms with Crippen molar-refractivity contribution in [2.45, 2.75) is 33.2 Å². The van der Waals surface area contributed by atoms with Gasteiger partial charge in [-0.3, -0.25) is 14.5 Å². The molecule has 0 N–H and O–H groups in total. The number of carbonyl (C=O) groups is 2. The Bertz CT molecular complexity index is 1210. The summed E-state index contributed by atoms with van der Waals surface area (Å²) in [4.78, 5) is 32.7. The number of nitrogens with zero attached hydrogens (tertiary/aromatic N) is 3. The van der Waals surface area contributed by atoms with E-state index in [2.05, 4.69) is 4.90 Å². The molecule has 0 radical (unpaired) electrons. The molecular weight excluding hydrogens is 502 g/mol. The van der Waals surface area contributed by atoms with Crippen LogP contribution >= 0.6 is 0 Å². The normalized spacial score (nSPS) is 13.6. The molecule has 0 spiro atoms. The number of aryl methyl sites for hydroxylation is 1. The van der Waals surface area contributed by atoms with Crippen LogP contribution in [0.3, 0.4) is 0 Å². The lowest BCUT2D eigenvalue weighted by Crippen LogP contribution is -2.38. The van der Waals surface area contributed by atoms with E-state index in [0.717, 1.165) is 55.4 Å². The molecule has 7 nitrogen and oxygen atoms in total. The van der Waals surface area contributed by atoms with E-state index >= 15 is 0 Å². The topological polar surface area (TPSA) is 62.3 Å². The van der Waals surface area contributed by atoms with Gasteiger partial charge < -0.3 is 19.3 Å². The van der Waals surface area contributed by atoms with E-state index in [1.807, 2.05) is 97.6 Å². The zero-order valence-corrected chi connectivity index (χ0v) is 23.8. The third-order valence-corrected chi connectivity index (χ3v) is 7.18. The molecule has 1 saturated heterocycles. The van der Waals surface area contributed by atoms with Crippen LogP contribution in [0.1, 0.15) is 41.3 Å². The van der Waals surface area contributed by atoms with E-state index in [4.69, 9.17) is 9.47 Å². The molecule has 1 heterocycles. The van der Waals surface area contributed by atoms with Gasteiger partial charge in [0.15, 0.2) is 0 Å². The molecular formula is C33H41N3O4. The predicted octanol–water partition coefficient (Wildman–Crippen LogP) is 5.18. The van der Waals surface area contributed by atoms with E-state index in [1.54, 1.807) is 4.90 Å². The molecule has 1 aliphatic heterocycles. The molecule has 1 aliphatic rings. The summed E-state index contributed by atoms with van der Waals surface area (Å²) >= 11 is 0. The summed E-state index contributed by atoms with van der Waals surface area (Å²) in [6.07, 6.45) is 0.929. The summed E-state index contributed by atoms with van der Waals surface area (Å²) in [6.45, 7) is 10.4. The van der Waals surface area contributed by atoms with Gasteiger partial charge in [0.05, 0.1) is 13.2 Å². The largest absolute Gasteiger partial charge is 0.492 e. The van der Waals surface area contributed by atoms with Gasteiger partial charge in [0.2, 0.25) is 5.91 Å². The average Bonchev–Trinajstić information content (AvgIpc) is 2.99. The maximum atomic E-state index is 13.7. The first-order valence-corrected chi connectivity index (χ1v) is 14.3. The molecule has 0 bridgehead atoms. The molecule has 212 valence electrons. The lowest BCUT2D eigenvalue weighted by molar-refractivity contribution is -0.131. The lowest BCUT2D eigenvalue weighted by atomic mass is 10.1. The van der Waals surface area contributed by atoms with Gasteiger partial charge in [0, 0.05) is 63.0 Å². The summed E-state index contributed by atoms with van der Waals surface area (Å²) in [5, 5.41) is 0. The van der Waals surface area contributed by atoms with Crippen molar-refractivity contribution in [1.82, 2.24) is 9.80 Å². The maximum Gasteiger partial charge on any atom is 0.258 e. The number of rotatable bonds is 13. The van der Waals surface area contributed by atoms with Crippen LogP contribution in [0.15, 0.2) is 78.9 Å². The Hall–Kier alpha value is -3.68. The van der Waals surface area contributed by atoms with Crippen molar-refractivity contribution in [3.05, 3.63) is 95.6 Å². The van der Waals surface area contributed by atoms with Gasteiger partial charge in [-0.05, 0) is 50.1 Å². The minimum atomic E-state index is -0.0884. The van der Waals surface area contributed by atoms with Gasteiger partial charge >= 0.3 is 0 Å². The molecule has 0 aromatic heterocycles. The van der Waals surface area contributed by atoms with Crippen LogP contribution in [0, 0.1) is 6.92 Å². The Morgan fingerprint density at radius 3 is 2.42 bits per heavy atom. The van der Waals surface area contributed by atoms with Crippen LogP contribution in [-0.4, -0.2) is 74.2 Å². The zero-order chi connectivity index (χ0) is 28.2. The lowest BCUT2D eigenvalue weighted by Gasteiger charge is -2.27. The molecule has 0 saturated carbocycles. The third-order valence-electron chi connectivity index (χ3n) is 7.18. The highest BCUT2D eigenvalue weighted by molar-refractivity contribution is 6.06. The number of carbonyl (C=O) groups excluding carboxylic acids is 2.